The molecule has 1 fully saturated rings. The summed E-state index contributed by atoms with van der Waals surface area (Å²) in [7, 11) is 2.69. The quantitative estimate of drug-likeness (QED) is 0.754. The molecular formula is C14H18N2O5. The van der Waals surface area contributed by atoms with E-state index in [4.69, 9.17) is 9.47 Å². The third-order valence-corrected chi connectivity index (χ3v) is 3.25. The lowest BCUT2D eigenvalue weighted by Gasteiger charge is -2.33. The van der Waals surface area contributed by atoms with Gasteiger partial charge in [0.15, 0.2) is 0 Å². The van der Waals surface area contributed by atoms with Gasteiger partial charge in [0, 0.05) is 19.3 Å². The fourth-order valence-electron chi connectivity index (χ4n) is 2.16. The van der Waals surface area contributed by atoms with Gasteiger partial charge in [-0.05, 0) is 12.1 Å². The Bertz CT molecular complexity index is 520. The molecule has 1 aliphatic heterocycles. The molecule has 7 nitrogen and oxygen atoms in total. The summed E-state index contributed by atoms with van der Waals surface area (Å²) < 4.78 is 14.9. The maximum absolute atomic E-state index is 11.5. The van der Waals surface area contributed by atoms with Crippen molar-refractivity contribution in [3.05, 3.63) is 23.9 Å². The van der Waals surface area contributed by atoms with Crippen LogP contribution in [0.2, 0.25) is 0 Å². The van der Waals surface area contributed by atoms with Gasteiger partial charge in [0.05, 0.1) is 38.9 Å². The molecule has 0 aliphatic carbocycles. The van der Waals surface area contributed by atoms with E-state index in [1.54, 1.807) is 18.3 Å². The first-order valence-corrected chi connectivity index (χ1v) is 6.61. The molecule has 2 heterocycles. The Balaban J connectivity index is 2.07. The van der Waals surface area contributed by atoms with E-state index in [1.165, 1.54) is 14.2 Å². The highest BCUT2D eigenvalue weighted by Gasteiger charge is 2.24. The molecular weight excluding hydrogens is 276 g/mol. The van der Waals surface area contributed by atoms with Crippen LogP contribution in [-0.4, -0.2) is 56.9 Å². The van der Waals surface area contributed by atoms with E-state index in [1.807, 2.05) is 4.90 Å². The van der Waals surface area contributed by atoms with E-state index in [0.717, 1.165) is 0 Å². The Hall–Kier alpha value is -2.15. The Morgan fingerprint density at radius 2 is 2.24 bits per heavy atom. The van der Waals surface area contributed by atoms with Crippen LogP contribution in [0.25, 0.3) is 0 Å². The van der Waals surface area contributed by atoms with E-state index >= 15 is 0 Å². The van der Waals surface area contributed by atoms with E-state index in [-0.39, 0.29) is 18.5 Å². The van der Waals surface area contributed by atoms with Crippen LogP contribution < -0.4 is 4.90 Å². The first-order chi connectivity index (χ1) is 10.1. The van der Waals surface area contributed by atoms with Gasteiger partial charge in [-0.3, -0.25) is 4.79 Å². The number of pyridine rings is 1. The lowest BCUT2D eigenvalue weighted by Crippen LogP contribution is -2.43. The molecule has 2 rings (SSSR count). The maximum Gasteiger partial charge on any atom is 0.338 e. The molecule has 21 heavy (non-hydrogen) atoms. The lowest BCUT2D eigenvalue weighted by molar-refractivity contribution is -0.144. The summed E-state index contributed by atoms with van der Waals surface area (Å²) in [5.74, 6) is -0.0489. The van der Waals surface area contributed by atoms with Crippen LogP contribution in [0.4, 0.5) is 5.82 Å². The zero-order valence-electron chi connectivity index (χ0n) is 12.1. The summed E-state index contributed by atoms with van der Waals surface area (Å²) in [4.78, 5) is 29.1. The average Bonchev–Trinajstić information content (AvgIpc) is 2.54. The van der Waals surface area contributed by atoms with Gasteiger partial charge < -0.3 is 19.1 Å². The standard InChI is InChI=1S/C14H18N2O5/c1-19-13(17)8-11-9-16(5-6-21-11)12-7-10(3-4-15-12)14(18)20-2/h3-4,7,11H,5-6,8-9H2,1-2H3. The van der Waals surface area contributed by atoms with Crippen LogP contribution in [0.5, 0.6) is 0 Å². The van der Waals surface area contributed by atoms with Crippen molar-refractivity contribution in [1.82, 2.24) is 4.98 Å². The fraction of sp³-hybridized carbons (Fsp3) is 0.500. The van der Waals surface area contributed by atoms with Crippen molar-refractivity contribution >= 4 is 17.8 Å². The van der Waals surface area contributed by atoms with Crippen molar-refractivity contribution < 1.29 is 23.8 Å². The minimum atomic E-state index is -0.405. The van der Waals surface area contributed by atoms with Crippen LogP contribution in [0, 0.1) is 0 Å². The summed E-state index contributed by atoms with van der Waals surface area (Å²) in [6.07, 6.45) is 1.52. The third kappa shape index (κ3) is 3.91. The summed E-state index contributed by atoms with van der Waals surface area (Å²) in [5, 5.41) is 0. The highest BCUT2D eigenvalue weighted by atomic mass is 16.5. The van der Waals surface area contributed by atoms with Crippen molar-refractivity contribution in [2.45, 2.75) is 12.5 Å². The number of carbonyl (C=O) groups excluding carboxylic acids is 2. The van der Waals surface area contributed by atoms with Crippen LogP contribution >= 0.6 is 0 Å². The minimum absolute atomic E-state index is 0.198. The number of ether oxygens (including phenoxy) is 3. The van der Waals surface area contributed by atoms with Gasteiger partial charge >= 0.3 is 11.9 Å². The second-order valence-electron chi connectivity index (χ2n) is 4.61. The maximum atomic E-state index is 11.5. The Morgan fingerprint density at radius 3 is 2.95 bits per heavy atom. The fourth-order valence-corrected chi connectivity index (χ4v) is 2.16. The van der Waals surface area contributed by atoms with Crippen LogP contribution in [0.1, 0.15) is 16.8 Å². The highest BCUT2D eigenvalue weighted by molar-refractivity contribution is 5.90. The molecule has 1 aromatic rings. The largest absolute Gasteiger partial charge is 0.469 e. The molecule has 1 aliphatic rings. The number of esters is 2. The van der Waals surface area contributed by atoms with Gasteiger partial charge in [-0.15, -0.1) is 0 Å². The van der Waals surface area contributed by atoms with Crippen molar-refractivity contribution in [3.8, 4) is 0 Å². The summed E-state index contributed by atoms with van der Waals surface area (Å²) in [5.41, 5.74) is 0.443. The monoisotopic (exact) mass is 294 g/mol. The Kier molecular flexibility index (Phi) is 5.10. The van der Waals surface area contributed by atoms with Crippen molar-refractivity contribution in [1.29, 1.82) is 0 Å². The van der Waals surface area contributed by atoms with Crippen molar-refractivity contribution in [3.63, 3.8) is 0 Å². The third-order valence-electron chi connectivity index (χ3n) is 3.25. The molecule has 0 spiro atoms. The van der Waals surface area contributed by atoms with E-state index in [2.05, 4.69) is 9.72 Å². The summed E-state index contributed by atoms with van der Waals surface area (Å²) >= 11 is 0. The number of aromatic nitrogens is 1. The lowest BCUT2D eigenvalue weighted by atomic mass is 10.2. The molecule has 0 radical (unpaired) electrons. The molecule has 0 N–H and O–H groups in total. The second-order valence-corrected chi connectivity index (χ2v) is 4.61. The van der Waals surface area contributed by atoms with Gasteiger partial charge in [0.25, 0.3) is 0 Å². The summed E-state index contributed by atoms with van der Waals surface area (Å²) in [6, 6.07) is 3.27. The number of nitrogens with zero attached hydrogens (tertiary/aromatic N) is 2. The number of carbonyl (C=O) groups is 2. The Morgan fingerprint density at radius 1 is 1.43 bits per heavy atom. The second kappa shape index (κ2) is 7.03. The molecule has 0 amide bonds. The average molecular weight is 294 g/mol. The molecule has 1 unspecified atom stereocenters. The molecule has 1 atom stereocenters. The summed E-state index contributed by atoms with van der Waals surface area (Å²) in [6.45, 7) is 1.66. The van der Waals surface area contributed by atoms with E-state index in [0.29, 0.717) is 31.1 Å². The molecule has 114 valence electrons. The zero-order chi connectivity index (χ0) is 15.2. The minimum Gasteiger partial charge on any atom is -0.469 e. The predicted octanol–water partition coefficient (Wildman–Crippen LogP) is 0.636. The topological polar surface area (TPSA) is 78.0 Å². The van der Waals surface area contributed by atoms with Gasteiger partial charge in [0.1, 0.15) is 5.82 Å². The van der Waals surface area contributed by atoms with Crippen LogP contribution in [0.3, 0.4) is 0 Å². The molecule has 0 bridgehead atoms. The van der Waals surface area contributed by atoms with Gasteiger partial charge in [0.2, 0.25) is 0 Å². The normalized spacial score (nSPS) is 18.2. The first kappa shape index (κ1) is 15.2. The molecule has 1 aromatic heterocycles. The smallest absolute Gasteiger partial charge is 0.338 e. The number of methoxy groups -OCH3 is 2. The number of morpholine rings is 1. The van der Waals surface area contributed by atoms with Crippen LogP contribution in [-0.2, 0) is 19.0 Å². The van der Waals surface area contributed by atoms with Gasteiger partial charge in [-0.25, -0.2) is 9.78 Å². The molecule has 7 heteroatoms. The number of anilines is 1. The SMILES string of the molecule is COC(=O)CC1CN(c2cc(C(=O)OC)ccn2)CCO1. The van der Waals surface area contributed by atoms with Crippen molar-refractivity contribution in [2.24, 2.45) is 0 Å². The first-order valence-electron chi connectivity index (χ1n) is 6.61. The van der Waals surface area contributed by atoms with E-state index < -0.39 is 5.97 Å². The van der Waals surface area contributed by atoms with Crippen molar-refractivity contribution in [2.75, 3.05) is 38.8 Å². The van der Waals surface area contributed by atoms with E-state index in [9.17, 15) is 9.59 Å². The highest BCUT2D eigenvalue weighted by Crippen LogP contribution is 2.18. The predicted molar refractivity (Wildman–Crippen MR) is 74.2 cm³/mol. The number of hydrogen-bond donors (Lipinski definition) is 0. The van der Waals surface area contributed by atoms with Crippen LogP contribution in [0.15, 0.2) is 18.3 Å². The molecule has 0 saturated carbocycles. The number of rotatable bonds is 4. The Labute approximate surface area is 122 Å². The molecule has 1 saturated heterocycles. The number of hydrogen-bond acceptors (Lipinski definition) is 7. The zero-order valence-corrected chi connectivity index (χ0v) is 12.1. The molecule has 0 aromatic carbocycles. The van der Waals surface area contributed by atoms with Gasteiger partial charge in [-0.1, -0.05) is 0 Å². The van der Waals surface area contributed by atoms with Gasteiger partial charge in [-0.2, -0.15) is 0 Å².